The van der Waals surface area contributed by atoms with Crippen molar-refractivity contribution in [2.75, 3.05) is 13.7 Å². The summed E-state index contributed by atoms with van der Waals surface area (Å²) >= 11 is 1.31. The molecule has 0 aliphatic carbocycles. The summed E-state index contributed by atoms with van der Waals surface area (Å²) in [5.74, 6) is 0.000944. The van der Waals surface area contributed by atoms with Gasteiger partial charge in [-0.2, -0.15) is 15.1 Å². The van der Waals surface area contributed by atoms with Crippen molar-refractivity contribution in [1.29, 1.82) is 5.41 Å². The number of fused-ring (bicyclic) bond motifs is 1. The van der Waals surface area contributed by atoms with Crippen LogP contribution in [-0.4, -0.2) is 46.6 Å². The van der Waals surface area contributed by atoms with Crippen LogP contribution in [0.5, 0.6) is 17.2 Å². The molecule has 0 fully saturated rings. The second-order valence-corrected chi connectivity index (χ2v) is 8.56. The lowest BCUT2D eigenvalue weighted by molar-refractivity contribution is -0.114. The van der Waals surface area contributed by atoms with Gasteiger partial charge in [0.25, 0.3) is 5.91 Å². The summed E-state index contributed by atoms with van der Waals surface area (Å²) < 4.78 is 16.4. The molecule has 1 N–H and O–H groups in total. The first-order valence-electron chi connectivity index (χ1n) is 11.1. The number of carbonyl (C=O) groups excluding carboxylic acids is 2. The number of hydrazone groups is 1. The van der Waals surface area contributed by atoms with Crippen LogP contribution >= 0.6 is 11.8 Å². The lowest BCUT2D eigenvalue weighted by atomic mass is 10.1. The molecule has 4 rings (SSSR count). The molecule has 2 heterocycles. The van der Waals surface area contributed by atoms with Crippen LogP contribution in [0.3, 0.4) is 0 Å². The van der Waals surface area contributed by atoms with Gasteiger partial charge in [-0.05, 0) is 73.5 Å². The number of benzene rings is 2. The standard InChI is InChI=1S/C25H24N4O5S/c1-4-7-21-28-29-22(26)18(23(30)27-25(29)35-21)12-15-10-11-19(20(13-15)33-5-2)34-24(31)16-8-6-9-17(14-16)32-3/h6,8-14,26H,4-5,7H2,1-3H3/b18-12+,26-22?. The van der Waals surface area contributed by atoms with E-state index in [4.69, 9.17) is 19.6 Å². The SMILES string of the molecule is CCCC1=NN2C(=N)/C(=C\c3ccc(OC(=O)c4cccc(OC)c4)c(OCC)c3)C(=O)N=C2S1. The van der Waals surface area contributed by atoms with Gasteiger partial charge in [0.1, 0.15) is 10.8 Å². The highest BCUT2D eigenvalue weighted by Crippen LogP contribution is 2.33. The molecule has 0 aromatic heterocycles. The third kappa shape index (κ3) is 5.27. The maximum atomic E-state index is 12.7. The Morgan fingerprint density at radius 1 is 1.17 bits per heavy atom. The number of amidine groups is 2. The van der Waals surface area contributed by atoms with E-state index in [1.807, 2.05) is 13.8 Å². The molecule has 2 aliphatic rings. The van der Waals surface area contributed by atoms with E-state index < -0.39 is 11.9 Å². The summed E-state index contributed by atoms with van der Waals surface area (Å²) in [7, 11) is 1.52. The molecular weight excluding hydrogens is 468 g/mol. The van der Waals surface area contributed by atoms with Crippen LogP contribution in [0.25, 0.3) is 6.08 Å². The van der Waals surface area contributed by atoms with E-state index in [2.05, 4.69) is 10.1 Å². The molecule has 1 amide bonds. The summed E-state index contributed by atoms with van der Waals surface area (Å²) in [4.78, 5) is 29.4. The van der Waals surface area contributed by atoms with Gasteiger partial charge in [0.2, 0.25) is 5.17 Å². The summed E-state index contributed by atoms with van der Waals surface area (Å²) in [6, 6.07) is 11.6. The lowest BCUT2D eigenvalue weighted by Crippen LogP contribution is -2.35. The molecular formula is C25H24N4O5S. The van der Waals surface area contributed by atoms with Crippen molar-refractivity contribution in [3.05, 3.63) is 59.2 Å². The Morgan fingerprint density at radius 2 is 2.00 bits per heavy atom. The van der Waals surface area contributed by atoms with Crippen LogP contribution in [0, 0.1) is 5.41 Å². The molecule has 0 saturated carbocycles. The van der Waals surface area contributed by atoms with Gasteiger partial charge in [-0.15, -0.1) is 0 Å². The van der Waals surface area contributed by atoms with Crippen molar-refractivity contribution >= 4 is 45.8 Å². The van der Waals surface area contributed by atoms with Gasteiger partial charge in [0.05, 0.1) is 24.9 Å². The highest BCUT2D eigenvalue weighted by Gasteiger charge is 2.35. The van der Waals surface area contributed by atoms with Crippen molar-refractivity contribution in [3.8, 4) is 17.2 Å². The van der Waals surface area contributed by atoms with Crippen LogP contribution in [0.15, 0.2) is 58.1 Å². The Balaban J connectivity index is 1.59. The highest BCUT2D eigenvalue weighted by atomic mass is 32.2. The first-order valence-corrected chi connectivity index (χ1v) is 11.9. The second-order valence-electron chi connectivity index (χ2n) is 7.52. The van der Waals surface area contributed by atoms with Gasteiger partial charge in [0, 0.05) is 0 Å². The zero-order chi connectivity index (χ0) is 24.9. The molecule has 180 valence electrons. The van der Waals surface area contributed by atoms with E-state index in [1.54, 1.807) is 48.5 Å². The van der Waals surface area contributed by atoms with Crippen molar-refractivity contribution in [2.24, 2.45) is 10.1 Å². The molecule has 0 atom stereocenters. The molecule has 10 heteroatoms. The predicted molar refractivity (Wildman–Crippen MR) is 135 cm³/mol. The van der Waals surface area contributed by atoms with Gasteiger partial charge >= 0.3 is 5.97 Å². The predicted octanol–water partition coefficient (Wildman–Crippen LogP) is 4.73. The molecule has 35 heavy (non-hydrogen) atoms. The van der Waals surface area contributed by atoms with Crippen LogP contribution in [0.1, 0.15) is 42.6 Å². The van der Waals surface area contributed by atoms with Crippen LogP contribution < -0.4 is 14.2 Å². The smallest absolute Gasteiger partial charge is 0.343 e. The third-order valence-electron chi connectivity index (χ3n) is 5.05. The fourth-order valence-electron chi connectivity index (χ4n) is 3.39. The summed E-state index contributed by atoms with van der Waals surface area (Å²) in [5, 5.41) is 15.5. The van der Waals surface area contributed by atoms with E-state index in [1.165, 1.54) is 23.9 Å². The Labute approximate surface area is 207 Å². The zero-order valence-electron chi connectivity index (χ0n) is 19.5. The molecule has 0 radical (unpaired) electrons. The Bertz CT molecular complexity index is 1280. The lowest BCUT2D eigenvalue weighted by Gasteiger charge is -2.20. The highest BCUT2D eigenvalue weighted by molar-refractivity contribution is 8.26. The maximum Gasteiger partial charge on any atom is 0.343 e. The molecule has 2 aromatic rings. The van der Waals surface area contributed by atoms with Crippen molar-refractivity contribution in [2.45, 2.75) is 26.7 Å². The largest absolute Gasteiger partial charge is 0.497 e. The molecule has 0 spiro atoms. The fraction of sp³-hybridized carbons (Fsp3) is 0.240. The molecule has 0 unspecified atom stereocenters. The Morgan fingerprint density at radius 3 is 2.74 bits per heavy atom. The number of esters is 1. The minimum absolute atomic E-state index is 0.0370. The van der Waals surface area contributed by atoms with Crippen molar-refractivity contribution < 1.29 is 23.8 Å². The number of rotatable bonds is 8. The number of nitrogens with zero attached hydrogens (tertiary/aromatic N) is 3. The van der Waals surface area contributed by atoms with Crippen LogP contribution in [0.4, 0.5) is 0 Å². The van der Waals surface area contributed by atoms with Crippen molar-refractivity contribution in [3.63, 3.8) is 0 Å². The summed E-state index contributed by atoms with van der Waals surface area (Å²) in [6.07, 6.45) is 3.22. The quantitative estimate of drug-likeness (QED) is 0.322. The molecule has 2 aromatic carbocycles. The number of ether oxygens (including phenoxy) is 3. The third-order valence-corrected chi connectivity index (χ3v) is 6.02. The molecule has 2 aliphatic heterocycles. The van der Waals surface area contributed by atoms with E-state index in [9.17, 15) is 9.59 Å². The number of carbonyl (C=O) groups is 2. The Hall–Kier alpha value is -3.92. The Kier molecular flexibility index (Phi) is 7.31. The van der Waals surface area contributed by atoms with Gasteiger partial charge in [-0.1, -0.05) is 19.1 Å². The zero-order valence-corrected chi connectivity index (χ0v) is 20.3. The number of amides is 1. The van der Waals surface area contributed by atoms with Crippen LogP contribution in [-0.2, 0) is 4.79 Å². The average Bonchev–Trinajstić information content (AvgIpc) is 3.26. The molecule has 0 bridgehead atoms. The van der Waals surface area contributed by atoms with Gasteiger partial charge in [-0.3, -0.25) is 10.2 Å². The number of hydrogen-bond donors (Lipinski definition) is 1. The number of aliphatic imine (C=N–C) groups is 1. The van der Waals surface area contributed by atoms with E-state index in [0.717, 1.165) is 17.9 Å². The van der Waals surface area contributed by atoms with E-state index in [-0.39, 0.29) is 17.2 Å². The summed E-state index contributed by atoms with van der Waals surface area (Å²) in [6.45, 7) is 4.19. The topological polar surface area (TPSA) is 114 Å². The first kappa shape index (κ1) is 24.2. The molecule has 9 nitrogen and oxygen atoms in total. The van der Waals surface area contributed by atoms with Gasteiger partial charge in [0.15, 0.2) is 17.3 Å². The summed E-state index contributed by atoms with van der Waals surface area (Å²) in [5.41, 5.74) is 1.03. The van der Waals surface area contributed by atoms with E-state index in [0.29, 0.717) is 34.4 Å². The minimum atomic E-state index is -0.561. The van der Waals surface area contributed by atoms with Gasteiger partial charge in [-0.25, -0.2) is 4.79 Å². The number of methoxy groups -OCH3 is 1. The monoisotopic (exact) mass is 492 g/mol. The fourth-order valence-corrected chi connectivity index (χ4v) is 4.38. The second kappa shape index (κ2) is 10.6. The van der Waals surface area contributed by atoms with E-state index >= 15 is 0 Å². The minimum Gasteiger partial charge on any atom is -0.497 e. The van der Waals surface area contributed by atoms with Crippen molar-refractivity contribution in [1.82, 2.24) is 5.01 Å². The maximum absolute atomic E-state index is 12.7. The number of thioether (sulfide) groups is 1. The first-order chi connectivity index (χ1) is 16.9. The number of nitrogens with one attached hydrogen (secondary N) is 1. The average molecular weight is 493 g/mol. The van der Waals surface area contributed by atoms with Crippen LogP contribution in [0.2, 0.25) is 0 Å². The number of hydrogen-bond acceptors (Lipinski definition) is 8. The molecule has 0 saturated heterocycles. The normalized spacial score (nSPS) is 16.1. The van der Waals surface area contributed by atoms with Gasteiger partial charge < -0.3 is 14.2 Å².